The Kier molecular flexibility index (Phi) is 7.88. The zero-order valence-corrected chi connectivity index (χ0v) is 21.8. The van der Waals surface area contributed by atoms with Crippen LogP contribution in [0.25, 0.3) is 11.0 Å². The summed E-state index contributed by atoms with van der Waals surface area (Å²) in [5.74, 6) is -2.19. The number of aliphatic imine (C=N–C) groups is 1. The number of aromatic nitrogens is 3. The second-order valence-electron chi connectivity index (χ2n) is 8.64. The number of nitrogens with two attached hydrogens (primary N) is 1. The molecule has 11 nitrogen and oxygen atoms in total. The van der Waals surface area contributed by atoms with E-state index in [9.17, 15) is 17.9 Å². The number of benzene rings is 2. The van der Waals surface area contributed by atoms with Crippen LogP contribution in [0.2, 0.25) is 0 Å². The van der Waals surface area contributed by atoms with Gasteiger partial charge in [0.1, 0.15) is 29.7 Å². The number of aliphatic hydroxyl groups excluding tert-OH is 1. The second-order valence-corrected chi connectivity index (χ2v) is 10.5. The van der Waals surface area contributed by atoms with Gasteiger partial charge in [0.05, 0.1) is 28.2 Å². The molecule has 0 saturated carbocycles. The molecule has 2 heterocycles. The number of H-pyrrole nitrogens is 1. The normalized spacial score (nSPS) is 12.9. The van der Waals surface area contributed by atoms with Crippen molar-refractivity contribution in [1.29, 1.82) is 5.41 Å². The average molecular weight is 557 g/mol. The van der Waals surface area contributed by atoms with Crippen LogP contribution in [0, 0.1) is 17.0 Å². The van der Waals surface area contributed by atoms with Crippen LogP contribution in [0.1, 0.15) is 43.1 Å². The molecule has 0 radical (unpaired) electrons. The maximum atomic E-state index is 15.4. The van der Waals surface area contributed by atoms with Gasteiger partial charge in [-0.3, -0.25) is 10.1 Å². The maximum absolute atomic E-state index is 15.4. The Hall–Kier alpha value is -4.43. The Morgan fingerprint density at radius 2 is 2.03 bits per heavy atom. The highest BCUT2D eigenvalue weighted by Crippen LogP contribution is 2.36. The molecule has 4 aromatic rings. The molecule has 2 aromatic heterocycles. The first-order valence-electron chi connectivity index (χ1n) is 11.8. The minimum absolute atomic E-state index is 0.0479. The van der Waals surface area contributed by atoms with E-state index in [1.165, 1.54) is 12.5 Å². The van der Waals surface area contributed by atoms with E-state index < -0.39 is 39.0 Å². The van der Waals surface area contributed by atoms with E-state index in [-0.39, 0.29) is 39.8 Å². The number of sulfonamides is 1. The molecule has 0 spiro atoms. The lowest BCUT2D eigenvalue weighted by molar-refractivity contribution is 0.211. The summed E-state index contributed by atoms with van der Waals surface area (Å²) >= 11 is 0. The number of hydrogen-bond acceptors (Lipinski definition) is 7. The Morgan fingerprint density at radius 3 is 2.74 bits per heavy atom. The molecule has 0 saturated heterocycles. The molecule has 7 N–H and O–H groups in total. The predicted molar refractivity (Wildman–Crippen MR) is 146 cm³/mol. The van der Waals surface area contributed by atoms with E-state index in [2.05, 4.69) is 30.0 Å². The minimum Gasteiger partial charge on any atom is -0.387 e. The second kappa shape index (κ2) is 11.1. The Balaban J connectivity index is 1.74. The maximum Gasteiger partial charge on any atom is 0.232 e. The summed E-state index contributed by atoms with van der Waals surface area (Å²) in [5.41, 5.74) is 5.64. The van der Waals surface area contributed by atoms with E-state index in [0.29, 0.717) is 17.7 Å². The number of halogens is 2. The predicted octanol–water partition coefficient (Wildman–Crippen LogP) is 3.92. The van der Waals surface area contributed by atoms with Gasteiger partial charge in [-0.05, 0) is 37.6 Å². The Labute approximate surface area is 222 Å². The number of amidine groups is 2. The van der Waals surface area contributed by atoms with E-state index in [0.717, 1.165) is 12.1 Å². The van der Waals surface area contributed by atoms with Crippen LogP contribution in [-0.2, 0) is 10.0 Å². The Morgan fingerprint density at radius 1 is 1.26 bits per heavy atom. The molecule has 0 aliphatic heterocycles. The molecule has 2 aromatic carbocycles. The van der Waals surface area contributed by atoms with Crippen molar-refractivity contribution in [3.05, 3.63) is 77.2 Å². The molecule has 39 heavy (non-hydrogen) atoms. The van der Waals surface area contributed by atoms with Gasteiger partial charge in [-0.1, -0.05) is 19.1 Å². The number of aromatic amines is 1. The molecule has 0 aliphatic carbocycles. The molecule has 0 bridgehead atoms. The molecule has 1 unspecified atom stereocenters. The monoisotopic (exact) mass is 556 g/mol. The van der Waals surface area contributed by atoms with Gasteiger partial charge >= 0.3 is 0 Å². The zero-order valence-electron chi connectivity index (χ0n) is 21.0. The smallest absolute Gasteiger partial charge is 0.232 e. The lowest BCUT2D eigenvalue weighted by Crippen LogP contribution is -2.18. The molecule has 0 amide bonds. The molecule has 0 aliphatic rings. The first-order valence-corrected chi connectivity index (χ1v) is 13.4. The van der Waals surface area contributed by atoms with Gasteiger partial charge in [0, 0.05) is 23.0 Å². The van der Waals surface area contributed by atoms with Crippen molar-refractivity contribution in [3.8, 4) is 0 Å². The lowest BCUT2D eigenvalue weighted by atomic mass is 10.00. The number of nitrogens with one attached hydrogen (secondary N) is 4. The topological polar surface area (TPSA) is 182 Å². The summed E-state index contributed by atoms with van der Waals surface area (Å²) in [5, 5.41) is 22.6. The number of nitrogens with zero attached hydrogens (tertiary/aromatic N) is 3. The summed E-state index contributed by atoms with van der Waals surface area (Å²) in [6.07, 6.45) is 1.05. The van der Waals surface area contributed by atoms with Crippen LogP contribution >= 0.6 is 0 Å². The SMILES string of the molecule is CCCS(=O)(=O)Nc1ccc(F)c(C(O)c2c[nH]c3ncnc(Nc4cccc(C(=N)N=C(C)N)c4)c23)c1F. The molecular weight excluding hydrogens is 530 g/mol. The van der Waals surface area contributed by atoms with Crippen LogP contribution in [0.5, 0.6) is 0 Å². The fourth-order valence-electron chi connectivity index (χ4n) is 3.96. The van der Waals surface area contributed by atoms with Gasteiger partial charge in [-0.25, -0.2) is 32.2 Å². The number of fused-ring (bicyclic) bond motifs is 1. The van der Waals surface area contributed by atoms with E-state index in [4.69, 9.17) is 11.1 Å². The van der Waals surface area contributed by atoms with Crippen molar-refractivity contribution >= 4 is 49.9 Å². The number of rotatable bonds is 9. The van der Waals surface area contributed by atoms with Gasteiger partial charge in [0.25, 0.3) is 0 Å². The van der Waals surface area contributed by atoms with Crippen molar-refractivity contribution in [2.75, 3.05) is 15.8 Å². The largest absolute Gasteiger partial charge is 0.387 e. The Bertz CT molecular complexity index is 1680. The van der Waals surface area contributed by atoms with Gasteiger partial charge in [0.15, 0.2) is 11.7 Å². The van der Waals surface area contributed by atoms with Gasteiger partial charge in [-0.15, -0.1) is 0 Å². The summed E-state index contributed by atoms with van der Waals surface area (Å²) in [6.45, 7) is 3.21. The molecule has 4 rings (SSSR count). The first-order chi connectivity index (χ1) is 18.5. The summed E-state index contributed by atoms with van der Waals surface area (Å²) in [7, 11) is -3.87. The fourth-order valence-corrected chi connectivity index (χ4v) is 5.09. The lowest BCUT2D eigenvalue weighted by Gasteiger charge is -2.17. The molecule has 0 fully saturated rings. The van der Waals surface area contributed by atoms with Crippen LogP contribution in [0.3, 0.4) is 0 Å². The minimum atomic E-state index is -3.87. The standard InChI is InChI=1S/C25H26F2N8O3S/c1-3-9-39(37,38)35-18-8-7-17(26)20(21(18)27)22(36)16-11-30-24-19(16)25(32-12-31-24)34-15-6-4-5-14(10-15)23(29)33-13(2)28/h4-8,10-12,22,35-36H,3,9H2,1-2H3,(H3,28,29,33)(H2,30,31,32,34). The van der Waals surface area contributed by atoms with Crippen molar-refractivity contribution < 1.29 is 22.3 Å². The molecule has 1 atom stereocenters. The van der Waals surface area contributed by atoms with Crippen molar-refractivity contribution in [1.82, 2.24) is 15.0 Å². The number of hydrogen-bond donors (Lipinski definition) is 6. The van der Waals surface area contributed by atoms with Gasteiger partial charge in [0.2, 0.25) is 10.0 Å². The van der Waals surface area contributed by atoms with Crippen LogP contribution < -0.4 is 15.8 Å². The van der Waals surface area contributed by atoms with E-state index in [1.807, 2.05) is 0 Å². The van der Waals surface area contributed by atoms with Crippen molar-refractivity contribution in [2.45, 2.75) is 26.4 Å². The highest BCUT2D eigenvalue weighted by atomic mass is 32.2. The van der Waals surface area contributed by atoms with Crippen LogP contribution in [0.15, 0.2) is 53.9 Å². The van der Waals surface area contributed by atoms with E-state index >= 15 is 4.39 Å². The highest BCUT2D eigenvalue weighted by molar-refractivity contribution is 7.92. The van der Waals surface area contributed by atoms with Crippen molar-refractivity contribution in [2.24, 2.45) is 10.7 Å². The molecular formula is C25H26F2N8O3S. The third-order valence-electron chi connectivity index (χ3n) is 5.62. The molecule has 14 heteroatoms. The number of anilines is 3. The van der Waals surface area contributed by atoms with E-state index in [1.54, 1.807) is 38.1 Å². The van der Waals surface area contributed by atoms with Gasteiger partial charge in [-0.2, -0.15) is 0 Å². The van der Waals surface area contributed by atoms with Crippen molar-refractivity contribution in [3.63, 3.8) is 0 Å². The van der Waals surface area contributed by atoms with Crippen LogP contribution in [0.4, 0.5) is 26.0 Å². The van der Waals surface area contributed by atoms with Gasteiger partial charge < -0.3 is 21.1 Å². The summed E-state index contributed by atoms with van der Waals surface area (Å²) in [4.78, 5) is 15.1. The zero-order chi connectivity index (χ0) is 28.3. The fraction of sp³-hybridized carbons (Fsp3) is 0.200. The first kappa shape index (κ1) is 27.6. The quantitative estimate of drug-likeness (QED) is 0.133. The average Bonchev–Trinajstić information content (AvgIpc) is 3.31. The summed E-state index contributed by atoms with van der Waals surface area (Å²) < 4.78 is 56.7. The van der Waals surface area contributed by atoms with Crippen LogP contribution in [-0.4, -0.2) is 45.9 Å². The molecule has 204 valence electrons. The third-order valence-corrected chi connectivity index (χ3v) is 7.10. The third kappa shape index (κ3) is 6.02. The highest BCUT2D eigenvalue weighted by Gasteiger charge is 2.27. The summed E-state index contributed by atoms with van der Waals surface area (Å²) in [6, 6.07) is 8.54. The number of aliphatic hydroxyl groups is 1.